The number of rotatable bonds is 2. The Bertz CT molecular complexity index is 153. The third kappa shape index (κ3) is 1.92. The molecule has 0 radical (unpaired) electrons. The van der Waals surface area contributed by atoms with Crippen molar-refractivity contribution in [3.05, 3.63) is 12.8 Å². The minimum Gasteiger partial charge on any atom is -0.564 e. The predicted octanol–water partition coefficient (Wildman–Crippen LogP) is 0.614. The molecule has 0 saturated carbocycles. The van der Waals surface area contributed by atoms with Crippen LogP contribution in [0.3, 0.4) is 0 Å². The number of hydrogen-bond donors (Lipinski definition) is 1. The van der Waals surface area contributed by atoms with E-state index in [1.54, 1.807) is 0 Å². The van der Waals surface area contributed by atoms with Gasteiger partial charge in [-0.3, -0.25) is 6.58 Å². The zero-order valence-electron chi connectivity index (χ0n) is 7.25. The molecule has 3 rings (SSSR count). The summed E-state index contributed by atoms with van der Waals surface area (Å²) in [5.74, 6) is 0.884. The summed E-state index contributed by atoms with van der Waals surface area (Å²) < 4.78 is 0. The maximum Gasteiger partial charge on any atom is 0.0161 e. The van der Waals surface area contributed by atoms with Crippen molar-refractivity contribution in [2.24, 2.45) is 5.92 Å². The van der Waals surface area contributed by atoms with Crippen molar-refractivity contribution < 1.29 is 21.1 Å². The van der Waals surface area contributed by atoms with Gasteiger partial charge in [0.2, 0.25) is 0 Å². The van der Waals surface area contributed by atoms with E-state index in [0.717, 1.165) is 5.92 Å². The zero-order chi connectivity index (χ0) is 7.68. The monoisotopic (exact) mass is 335 g/mol. The van der Waals surface area contributed by atoms with Crippen molar-refractivity contribution in [1.29, 1.82) is 0 Å². The maximum absolute atomic E-state index is 3.58. The Kier molecular flexibility index (Phi) is 3.79. The minimum atomic E-state index is 0. The fourth-order valence-corrected chi connectivity index (χ4v) is 2.26. The summed E-state index contributed by atoms with van der Waals surface area (Å²) in [6.07, 6.45) is 5.52. The van der Waals surface area contributed by atoms with Crippen molar-refractivity contribution in [3.8, 4) is 0 Å². The Labute approximate surface area is 88.7 Å². The smallest absolute Gasteiger partial charge is 0.0161 e. The van der Waals surface area contributed by atoms with Gasteiger partial charge in [-0.25, -0.2) is 0 Å². The fourth-order valence-electron chi connectivity index (χ4n) is 2.26. The number of piperidine rings is 3. The molecule has 1 N–H and O–H groups in total. The quantitative estimate of drug-likeness (QED) is 0.588. The number of fused-ring (bicyclic) bond motifs is 3. The van der Waals surface area contributed by atoms with E-state index in [4.69, 9.17) is 0 Å². The molecule has 0 aliphatic carbocycles. The van der Waals surface area contributed by atoms with Gasteiger partial charge in [-0.05, 0) is 31.8 Å². The molecule has 3 aliphatic heterocycles. The van der Waals surface area contributed by atoms with Crippen LogP contribution in [0.1, 0.15) is 12.8 Å². The summed E-state index contributed by atoms with van der Waals surface area (Å²) in [6, 6.07) is 0.634. The second-order valence-corrected chi connectivity index (χ2v) is 3.57. The second kappa shape index (κ2) is 4.43. The van der Waals surface area contributed by atoms with Gasteiger partial charge in [0.05, 0.1) is 0 Å². The molecule has 0 unspecified atom stereocenters. The summed E-state index contributed by atoms with van der Waals surface area (Å²) in [5.41, 5.74) is 0. The van der Waals surface area contributed by atoms with Gasteiger partial charge < -0.3 is 16.4 Å². The van der Waals surface area contributed by atoms with E-state index in [1.807, 2.05) is 0 Å². The largest absolute Gasteiger partial charge is 0.564 e. The molecular formula is C9H15N2W-. The molecule has 3 aliphatic rings. The van der Waals surface area contributed by atoms with Gasteiger partial charge in [-0.1, -0.05) is 0 Å². The van der Waals surface area contributed by atoms with Crippen LogP contribution in [0.15, 0.2) is 6.58 Å². The van der Waals surface area contributed by atoms with Crippen LogP contribution in [0.2, 0.25) is 0 Å². The van der Waals surface area contributed by atoms with Gasteiger partial charge in [0.1, 0.15) is 0 Å². The van der Waals surface area contributed by atoms with E-state index in [9.17, 15) is 0 Å². The first kappa shape index (κ1) is 10.3. The molecule has 3 saturated heterocycles. The average Bonchev–Trinajstić information content (AvgIpc) is 2.07. The number of nitrogens with one attached hydrogen (secondary N) is 1. The zero-order valence-corrected chi connectivity index (χ0v) is 10.2. The van der Waals surface area contributed by atoms with E-state index >= 15 is 0 Å². The molecule has 0 amide bonds. The van der Waals surface area contributed by atoms with Crippen molar-refractivity contribution >= 4 is 0 Å². The molecule has 3 fully saturated rings. The first-order valence-corrected chi connectivity index (χ1v) is 4.40. The van der Waals surface area contributed by atoms with Gasteiger partial charge in [0.25, 0.3) is 0 Å². The van der Waals surface area contributed by atoms with Crippen molar-refractivity contribution in [1.82, 2.24) is 10.2 Å². The molecule has 0 aromatic rings. The van der Waals surface area contributed by atoms with Gasteiger partial charge in [0.15, 0.2) is 0 Å². The van der Waals surface area contributed by atoms with Crippen LogP contribution in [0.5, 0.6) is 0 Å². The molecular weight excluding hydrogens is 320 g/mol. The molecule has 1 atom stereocenters. The normalized spacial score (nSPS) is 38.5. The van der Waals surface area contributed by atoms with Crippen LogP contribution in [0.4, 0.5) is 0 Å². The fraction of sp³-hybridized carbons (Fsp3) is 0.778. The van der Waals surface area contributed by atoms with E-state index in [2.05, 4.69) is 23.0 Å². The molecule has 2 nitrogen and oxygen atoms in total. The Morgan fingerprint density at radius 1 is 1.33 bits per heavy atom. The molecule has 0 aromatic carbocycles. The van der Waals surface area contributed by atoms with Crippen LogP contribution < -0.4 is 5.32 Å². The molecule has 3 heterocycles. The van der Waals surface area contributed by atoms with Gasteiger partial charge >= 0.3 is 0 Å². The van der Waals surface area contributed by atoms with Crippen molar-refractivity contribution in [2.45, 2.75) is 18.9 Å². The molecule has 0 aromatic heterocycles. The molecule has 3 heteroatoms. The van der Waals surface area contributed by atoms with Gasteiger partial charge in [-0.2, -0.15) is 0 Å². The third-order valence-electron chi connectivity index (χ3n) is 2.94. The summed E-state index contributed by atoms with van der Waals surface area (Å²) >= 11 is 0. The number of hydrogen-bond acceptors (Lipinski definition) is 2. The van der Waals surface area contributed by atoms with Crippen LogP contribution in [0, 0.1) is 12.1 Å². The Balaban J connectivity index is 0.000000720. The van der Waals surface area contributed by atoms with E-state index in [-0.39, 0.29) is 21.1 Å². The summed E-state index contributed by atoms with van der Waals surface area (Å²) in [4.78, 5) is 2.52. The minimum absolute atomic E-state index is 0. The van der Waals surface area contributed by atoms with Gasteiger partial charge in [0, 0.05) is 33.7 Å². The van der Waals surface area contributed by atoms with Crippen LogP contribution in [0.25, 0.3) is 0 Å². The van der Waals surface area contributed by atoms with Crippen molar-refractivity contribution in [3.63, 3.8) is 0 Å². The second-order valence-electron chi connectivity index (χ2n) is 3.57. The Morgan fingerprint density at radius 2 is 2.00 bits per heavy atom. The maximum atomic E-state index is 3.58. The summed E-state index contributed by atoms with van der Waals surface area (Å²) in [6.45, 7) is 7.40. The number of nitrogens with zero attached hydrogens (tertiary/aromatic N) is 1. The third-order valence-corrected chi connectivity index (χ3v) is 2.94. The van der Waals surface area contributed by atoms with Crippen LogP contribution in [-0.2, 0) is 21.1 Å². The Hall–Kier alpha value is 0.188. The van der Waals surface area contributed by atoms with Crippen LogP contribution >= 0.6 is 0 Å². The van der Waals surface area contributed by atoms with Gasteiger partial charge in [-0.15, -0.1) is 0 Å². The summed E-state index contributed by atoms with van der Waals surface area (Å²) in [7, 11) is 0. The first-order valence-electron chi connectivity index (χ1n) is 4.40. The molecule has 68 valence electrons. The Morgan fingerprint density at radius 3 is 2.42 bits per heavy atom. The molecule has 0 spiro atoms. The topological polar surface area (TPSA) is 15.3 Å². The van der Waals surface area contributed by atoms with E-state index < -0.39 is 0 Å². The standard InChI is InChI=1S/C9H15N2.W/c1-2-10-9-7-11-5-3-8(9)4-6-11;/h8-10H,1,3-7H2;/q-1;/t9-;/m1./s1. The summed E-state index contributed by atoms with van der Waals surface area (Å²) in [5, 5.41) is 3.21. The average molecular weight is 335 g/mol. The van der Waals surface area contributed by atoms with E-state index in [0.29, 0.717) is 6.04 Å². The first-order chi connectivity index (χ1) is 5.40. The molecule has 2 bridgehead atoms. The molecule has 12 heavy (non-hydrogen) atoms. The van der Waals surface area contributed by atoms with E-state index in [1.165, 1.54) is 32.5 Å². The van der Waals surface area contributed by atoms with Crippen LogP contribution in [-0.4, -0.2) is 30.6 Å². The van der Waals surface area contributed by atoms with Crippen molar-refractivity contribution in [2.75, 3.05) is 19.6 Å². The predicted molar refractivity (Wildman–Crippen MR) is 45.0 cm³/mol. The SMILES string of the molecule is C=[C-]N[C@@H]1CN2CCC1CC2.[W].